The summed E-state index contributed by atoms with van der Waals surface area (Å²) in [6, 6.07) is 0. The average molecular weight is 283 g/mol. The van der Waals surface area contributed by atoms with Crippen LogP contribution in [0.1, 0.15) is 71.6 Å². The highest BCUT2D eigenvalue weighted by Crippen LogP contribution is 2.10. The molecule has 0 aliphatic heterocycles. The van der Waals surface area contributed by atoms with Gasteiger partial charge in [0.1, 0.15) is 6.61 Å². The summed E-state index contributed by atoms with van der Waals surface area (Å²) >= 11 is 0. The Kier molecular flexibility index (Phi) is 14.0. The second kappa shape index (κ2) is 14.6. The molecule has 3 nitrogen and oxygen atoms in total. The molecule has 0 aliphatic carbocycles. The monoisotopic (exact) mass is 283 g/mol. The summed E-state index contributed by atoms with van der Waals surface area (Å²) in [5.41, 5.74) is 0. The molecule has 0 saturated carbocycles. The Hall–Kier alpha value is -0.830. The number of unbranched alkanes of at least 4 members (excludes halogenated alkanes) is 6. The molecule has 0 radical (unpaired) electrons. The topological polar surface area (TPSA) is 38.3 Å². The van der Waals surface area contributed by atoms with Gasteiger partial charge >= 0.3 is 0 Å². The summed E-state index contributed by atoms with van der Waals surface area (Å²) in [5, 5.41) is 2.88. The Morgan fingerprint density at radius 1 is 1.10 bits per heavy atom. The maximum absolute atomic E-state index is 11.6. The second-order valence-corrected chi connectivity index (χ2v) is 5.35. The lowest BCUT2D eigenvalue weighted by Crippen LogP contribution is -2.30. The highest BCUT2D eigenvalue weighted by molar-refractivity contribution is 5.77. The van der Waals surface area contributed by atoms with E-state index in [9.17, 15) is 4.79 Å². The summed E-state index contributed by atoms with van der Waals surface area (Å²) in [6.07, 6.45) is 12.4. The number of ether oxygens (including phenoxy) is 1. The van der Waals surface area contributed by atoms with Crippen LogP contribution in [-0.4, -0.2) is 25.2 Å². The zero-order valence-electron chi connectivity index (χ0n) is 13.5. The first-order valence-corrected chi connectivity index (χ1v) is 8.25. The van der Waals surface area contributed by atoms with Crippen LogP contribution >= 0.6 is 0 Å². The Bertz CT molecular complexity index is 241. The van der Waals surface area contributed by atoms with Crippen molar-refractivity contribution in [2.24, 2.45) is 0 Å². The zero-order chi connectivity index (χ0) is 15.1. The minimum atomic E-state index is -0.0149. The predicted octanol–water partition coefficient (Wildman–Crippen LogP) is 4.22. The number of nitrogens with one attached hydrogen (secondary N) is 1. The van der Waals surface area contributed by atoms with Crippen LogP contribution in [0.15, 0.2) is 12.7 Å². The molecular formula is C17H33NO2. The van der Waals surface area contributed by atoms with Crippen molar-refractivity contribution in [3.05, 3.63) is 12.7 Å². The van der Waals surface area contributed by atoms with Crippen LogP contribution < -0.4 is 5.32 Å². The predicted molar refractivity (Wildman–Crippen MR) is 85.8 cm³/mol. The normalized spacial score (nSPS) is 12.1. The van der Waals surface area contributed by atoms with E-state index in [1.165, 1.54) is 32.1 Å². The molecule has 0 aromatic rings. The van der Waals surface area contributed by atoms with Gasteiger partial charge in [0.25, 0.3) is 0 Å². The first kappa shape index (κ1) is 19.2. The molecule has 0 aromatic carbocycles. The van der Waals surface area contributed by atoms with Crippen LogP contribution in [-0.2, 0) is 9.53 Å². The van der Waals surface area contributed by atoms with Gasteiger partial charge in [-0.25, -0.2) is 0 Å². The van der Waals surface area contributed by atoms with Gasteiger partial charge in [-0.3, -0.25) is 4.79 Å². The largest absolute Gasteiger partial charge is 0.364 e. The molecule has 1 amide bonds. The Balaban J connectivity index is 3.56. The van der Waals surface area contributed by atoms with E-state index in [4.69, 9.17) is 4.74 Å². The maximum atomic E-state index is 11.6. The number of carbonyl (C=O) groups excluding carboxylic acids is 1. The van der Waals surface area contributed by atoms with Crippen molar-refractivity contribution in [2.75, 3.05) is 13.2 Å². The van der Waals surface area contributed by atoms with Crippen molar-refractivity contribution in [1.82, 2.24) is 5.32 Å². The molecule has 0 heterocycles. The van der Waals surface area contributed by atoms with E-state index in [0.29, 0.717) is 0 Å². The molecule has 0 fully saturated rings. The van der Waals surface area contributed by atoms with Gasteiger partial charge in [0, 0.05) is 6.54 Å². The van der Waals surface area contributed by atoms with Crippen molar-refractivity contribution >= 4 is 5.91 Å². The van der Waals surface area contributed by atoms with Gasteiger partial charge in [-0.15, -0.1) is 6.58 Å². The number of rotatable bonds is 14. The van der Waals surface area contributed by atoms with Gasteiger partial charge < -0.3 is 10.1 Å². The number of hydrogen-bond donors (Lipinski definition) is 1. The quantitative estimate of drug-likeness (QED) is 0.383. The Morgan fingerprint density at radius 3 is 2.40 bits per heavy atom. The number of carbonyl (C=O) groups is 1. The lowest BCUT2D eigenvalue weighted by molar-refractivity contribution is -0.126. The van der Waals surface area contributed by atoms with Crippen molar-refractivity contribution in [3.8, 4) is 0 Å². The van der Waals surface area contributed by atoms with E-state index in [1.807, 2.05) is 6.08 Å². The highest BCUT2D eigenvalue weighted by Gasteiger charge is 2.07. The molecule has 0 bridgehead atoms. The highest BCUT2D eigenvalue weighted by atomic mass is 16.5. The summed E-state index contributed by atoms with van der Waals surface area (Å²) in [4.78, 5) is 11.6. The molecule has 1 N–H and O–H groups in total. The molecule has 0 aromatic heterocycles. The first-order chi connectivity index (χ1) is 9.74. The maximum Gasteiger partial charge on any atom is 0.246 e. The first-order valence-electron chi connectivity index (χ1n) is 8.25. The smallest absolute Gasteiger partial charge is 0.246 e. The molecule has 118 valence electrons. The minimum absolute atomic E-state index is 0.0121. The molecular weight excluding hydrogens is 250 g/mol. The number of amides is 1. The molecule has 0 spiro atoms. The zero-order valence-corrected chi connectivity index (χ0v) is 13.5. The van der Waals surface area contributed by atoms with Crippen molar-refractivity contribution < 1.29 is 9.53 Å². The van der Waals surface area contributed by atoms with Gasteiger partial charge in [0.2, 0.25) is 5.91 Å². The minimum Gasteiger partial charge on any atom is -0.364 e. The fourth-order valence-electron chi connectivity index (χ4n) is 2.05. The summed E-state index contributed by atoms with van der Waals surface area (Å²) in [7, 11) is 0. The van der Waals surface area contributed by atoms with Crippen LogP contribution in [0.4, 0.5) is 0 Å². The third-order valence-corrected chi connectivity index (χ3v) is 3.39. The standard InChI is InChI=1S/C17H33NO2/c1-4-7-9-10-11-13-16(6-3)20-15-17(19)18-14-12-8-5-2/h6,16H,3-5,7-15H2,1-2H3,(H,18,19). The van der Waals surface area contributed by atoms with Gasteiger partial charge in [0.05, 0.1) is 6.10 Å². The summed E-state index contributed by atoms with van der Waals surface area (Å²) in [5.74, 6) is -0.0149. The van der Waals surface area contributed by atoms with E-state index in [-0.39, 0.29) is 18.6 Å². The van der Waals surface area contributed by atoms with Crippen LogP contribution in [0.3, 0.4) is 0 Å². The van der Waals surface area contributed by atoms with E-state index in [0.717, 1.165) is 32.2 Å². The van der Waals surface area contributed by atoms with E-state index < -0.39 is 0 Å². The summed E-state index contributed by atoms with van der Waals surface area (Å²) in [6.45, 7) is 9.06. The molecule has 0 aliphatic rings. The van der Waals surface area contributed by atoms with Crippen LogP contribution in [0.25, 0.3) is 0 Å². The van der Waals surface area contributed by atoms with E-state index in [1.54, 1.807) is 0 Å². The lowest BCUT2D eigenvalue weighted by atomic mass is 10.1. The Morgan fingerprint density at radius 2 is 1.75 bits per heavy atom. The van der Waals surface area contributed by atoms with Crippen molar-refractivity contribution in [1.29, 1.82) is 0 Å². The summed E-state index contributed by atoms with van der Waals surface area (Å²) < 4.78 is 5.59. The van der Waals surface area contributed by atoms with Crippen molar-refractivity contribution in [2.45, 2.75) is 77.7 Å². The van der Waals surface area contributed by atoms with Crippen molar-refractivity contribution in [3.63, 3.8) is 0 Å². The average Bonchev–Trinajstić information content (AvgIpc) is 2.46. The fourth-order valence-corrected chi connectivity index (χ4v) is 2.05. The van der Waals surface area contributed by atoms with Crippen LogP contribution in [0.5, 0.6) is 0 Å². The van der Waals surface area contributed by atoms with Gasteiger partial charge in [-0.1, -0.05) is 64.9 Å². The molecule has 20 heavy (non-hydrogen) atoms. The molecule has 1 atom stereocenters. The lowest BCUT2D eigenvalue weighted by Gasteiger charge is -2.13. The Labute approximate surface area is 125 Å². The third-order valence-electron chi connectivity index (χ3n) is 3.39. The van der Waals surface area contributed by atoms with Gasteiger partial charge in [-0.2, -0.15) is 0 Å². The fraction of sp³-hybridized carbons (Fsp3) is 0.824. The molecule has 1 unspecified atom stereocenters. The van der Waals surface area contributed by atoms with E-state index in [2.05, 4.69) is 25.7 Å². The van der Waals surface area contributed by atoms with Gasteiger partial charge in [0.15, 0.2) is 0 Å². The third kappa shape index (κ3) is 12.2. The van der Waals surface area contributed by atoms with Crippen LogP contribution in [0, 0.1) is 0 Å². The molecule has 0 saturated heterocycles. The molecule has 3 heteroatoms. The molecule has 0 rings (SSSR count). The van der Waals surface area contributed by atoms with Crippen LogP contribution in [0.2, 0.25) is 0 Å². The number of hydrogen-bond acceptors (Lipinski definition) is 2. The van der Waals surface area contributed by atoms with Gasteiger partial charge in [-0.05, 0) is 12.8 Å². The SMILES string of the molecule is C=CC(CCCCCCC)OCC(=O)NCCCCC. The second-order valence-electron chi connectivity index (χ2n) is 5.35. The van der Waals surface area contributed by atoms with E-state index >= 15 is 0 Å².